The summed E-state index contributed by atoms with van der Waals surface area (Å²) in [7, 11) is 0. The predicted octanol–water partition coefficient (Wildman–Crippen LogP) is 2.85. The summed E-state index contributed by atoms with van der Waals surface area (Å²) in [4.78, 5) is 11.6. The lowest BCUT2D eigenvalue weighted by molar-refractivity contribution is 0.0908. The number of hydrogen-bond acceptors (Lipinski definition) is 1. The van der Waals surface area contributed by atoms with Gasteiger partial charge in [0, 0.05) is 9.61 Å². The number of benzene rings is 1. The van der Waals surface area contributed by atoms with E-state index in [-0.39, 0.29) is 9.61 Å². The molecule has 0 atom stereocenters. The summed E-state index contributed by atoms with van der Waals surface area (Å²) in [6, 6.07) is 2.50. The highest BCUT2D eigenvalue weighted by Gasteiger charge is 2.24. The van der Waals surface area contributed by atoms with E-state index in [0.717, 1.165) is 25.3 Å². The Balaban J connectivity index is 2.24. The monoisotopic (exact) mass is 337 g/mol. The molecule has 5 heteroatoms. The number of halogens is 3. The van der Waals surface area contributed by atoms with E-state index in [1.54, 1.807) is 22.6 Å². The molecule has 16 heavy (non-hydrogen) atoms. The Hall–Kier alpha value is -0.720. The molecule has 0 spiro atoms. The molecule has 0 heterocycles. The second-order valence-corrected chi connectivity index (χ2v) is 4.98. The van der Waals surface area contributed by atoms with Crippen molar-refractivity contribution in [1.82, 2.24) is 5.32 Å². The van der Waals surface area contributed by atoms with Crippen molar-refractivity contribution in [3.05, 3.63) is 32.9 Å². The Bertz CT molecular complexity index is 432. The van der Waals surface area contributed by atoms with Crippen LogP contribution in [0.2, 0.25) is 0 Å². The maximum Gasteiger partial charge on any atom is 0.257 e. The molecule has 2 nitrogen and oxygen atoms in total. The SMILES string of the molecule is O=C(NC1CCC1)c1c(F)ccc(I)c1F. The van der Waals surface area contributed by atoms with Crippen molar-refractivity contribution in [1.29, 1.82) is 0 Å². The molecule has 0 aliphatic heterocycles. The highest BCUT2D eigenvalue weighted by Crippen LogP contribution is 2.21. The number of carbonyl (C=O) groups excluding carboxylic acids is 1. The first kappa shape index (κ1) is 11.8. The summed E-state index contributed by atoms with van der Waals surface area (Å²) in [6.45, 7) is 0. The summed E-state index contributed by atoms with van der Waals surface area (Å²) in [5.41, 5.74) is -0.473. The first-order valence-electron chi connectivity index (χ1n) is 5.04. The Morgan fingerprint density at radius 1 is 1.38 bits per heavy atom. The number of carbonyl (C=O) groups is 1. The minimum atomic E-state index is -0.810. The minimum Gasteiger partial charge on any atom is -0.349 e. The van der Waals surface area contributed by atoms with E-state index >= 15 is 0 Å². The average molecular weight is 337 g/mol. The zero-order valence-electron chi connectivity index (χ0n) is 8.40. The van der Waals surface area contributed by atoms with Gasteiger partial charge in [0.2, 0.25) is 0 Å². The summed E-state index contributed by atoms with van der Waals surface area (Å²) < 4.78 is 27.2. The Morgan fingerprint density at radius 3 is 2.62 bits per heavy atom. The lowest BCUT2D eigenvalue weighted by atomic mass is 9.93. The smallest absolute Gasteiger partial charge is 0.257 e. The van der Waals surface area contributed by atoms with Crippen molar-refractivity contribution in [3.63, 3.8) is 0 Å². The Kier molecular flexibility index (Phi) is 3.41. The molecule has 0 unspecified atom stereocenters. The largest absolute Gasteiger partial charge is 0.349 e. The van der Waals surface area contributed by atoms with Crippen molar-refractivity contribution in [3.8, 4) is 0 Å². The standard InChI is InChI=1S/C11H10F2INO/c12-7-4-5-8(14)10(13)9(7)11(16)15-6-2-1-3-6/h4-6H,1-3H2,(H,15,16). The van der Waals surface area contributed by atoms with Crippen LogP contribution in [0.5, 0.6) is 0 Å². The molecule has 1 saturated carbocycles. The fourth-order valence-electron chi connectivity index (χ4n) is 1.55. The van der Waals surface area contributed by atoms with Crippen molar-refractivity contribution < 1.29 is 13.6 Å². The molecule has 1 aliphatic rings. The lowest BCUT2D eigenvalue weighted by Crippen LogP contribution is -2.40. The second kappa shape index (κ2) is 4.65. The number of amides is 1. The molecule has 0 saturated heterocycles. The molecule has 0 radical (unpaired) electrons. The van der Waals surface area contributed by atoms with Gasteiger partial charge in [-0.1, -0.05) is 0 Å². The van der Waals surface area contributed by atoms with Crippen molar-refractivity contribution in [2.24, 2.45) is 0 Å². The van der Waals surface area contributed by atoms with Gasteiger partial charge in [-0.2, -0.15) is 0 Å². The molecule has 1 aromatic carbocycles. The Labute approximate surface area is 106 Å². The van der Waals surface area contributed by atoms with Crippen LogP contribution in [0.15, 0.2) is 12.1 Å². The summed E-state index contributed by atoms with van der Waals surface area (Å²) in [5, 5.41) is 2.62. The average Bonchev–Trinajstić information content (AvgIpc) is 2.18. The molecule has 1 amide bonds. The third-order valence-electron chi connectivity index (χ3n) is 2.71. The lowest BCUT2D eigenvalue weighted by Gasteiger charge is -2.26. The van der Waals surface area contributed by atoms with Gasteiger partial charge < -0.3 is 5.32 Å². The van der Waals surface area contributed by atoms with E-state index in [9.17, 15) is 13.6 Å². The zero-order chi connectivity index (χ0) is 11.7. The second-order valence-electron chi connectivity index (χ2n) is 3.82. The molecule has 2 rings (SSSR count). The number of hydrogen-bond donors (Lipinski definition) is 1. The van der Waals surface area contributed by atoms with Gasteiger partial charge in [0.15, 0.2) is 5.82 Å². The fraction of sp³-hybridized carbons (Fsp3) is 0.364. The van der Waals surface area contributed by atoms with Crippen molar-refractivity contribution in [2.45, 2.75) is 25.3 Å². The van der Waals surface area contributed by atoms with E-state index < -0.39 is 23.1 Å². The number of nitrogens with one attached hydrogen (secondary N) is 1. The quantitative estimate of drug-likeness (QED) is 0.653. The Morgan fingerprint density at radius 2 is 2.06 bits per heavy atom. The molecule has 0 bridgehead atoms. The predicted molar refractivity (Wildman–Crippen MR) is 64.2 cm³/mol. The van der Waals surface area contributed by atoms with Gasteiger partial charge in [-0.3, -0.25) is 4.79 Å². The topological polar surface area (TPSA) is 29.1 Å². The van der Waals surface area contributed by atoms with Crippen LogP contribution in [0.25, 0.3) is 0 Å². The van der Waals surface area contributed by atoms with Gasteiger partial charge in [0.25, 0.3) is 5.91 Å². The van der Waals surface area contributed by atoms with Crippen molar-refractivity contribution >= 4 is 28.5 Å². The fourth-order valence-corrected chi connectivity index (χ4v) is 1.99. The van der Waals surface area contributed by atoms with E-state index in [1.807, 2.05) is 0 Å². The van der Waals surface area contributed by atoms with E-state index in [1.165, 1.54) is 6.07 Å². The summed E-state index contributed by atoms with van der Waals surface area (Å²) in [5.74, 6) is -2.25. The molecule has 0 aromatic heterocycles. The van der Waals surface area contributed by atoms with Crippen LogP contribution >= 0.6 is 22.6 Å². The van der Waals surface area contributed by atoms with Gasteiger partial charge in [-0.05, 0) is 54.0 Å². The maximum atomic E-state index is 13.6. The summed E-state index contributed by atoms with van der Waals surface area (Å²) in [6.07, 6.45) is 2.83. The van der Waals surface area contributed by atoms with Gasteiger partial charge in [-0.25, -0.2) is 8.78 Å². The first-order valence-corrected chi connectivity index (χ1v) is 6.12. The molecule has 1 N–H and O–H groups in total. The van der Waals surface area contributed by atoms with Crippen LogP contribution in [0.3, 0.4) is 0 Å². The van der Waals surface area contributed by atoms with Gasteiger partial charge in [-0.15, -0.1) is 0 Å². The molecule has 1 fully saturated rings. The first-order chi connectivity index (χ1) is 7.59. The van der Waals surface area contributed by atoms with Gasteiger partial charge in [0.05, 0.1) is 0 Å². The molecule has 1 aliphatic carbocycles. The van der Waals surface area contributed by atoms with Crippen LogP contribution in [0, 0.1) is 15.2 Å². The van der Waals surface area contributed by atoms with Crippen LogP contribution in [-0.4, -0.2) is 11.9 Å². The molecular weight excluding hydrogens is 327 g/mol. The summed E-state index contributed by atoms with van der Waals surface area (Å²) >= 11 is 1.74. The van der Waals surface area contributed by atoms with E-state index in [0.29, 0.717) is 0 Å². The van der Waals surface area contributed by atoms with Crippen LogP contribution in [0.4, 0.5) is 8.78 Å². The normalized spacial score (nSPS) is 15.7. The van der Waals surface area contributed by atoms with Crippen molar-refractivity contribution in [2.75, 3.05) is 0 Å². The van der Waals surface area contributed by atoms with Crippen LogP contribution < -0.4 is 5.32 Å². The molecule has 86 valence electrons. The third kappa shape index (κ3) is 2.18. The number of rotatable bonds is 2. The van der Waals surface area contributed by atoms with E-state index in [2.05, 4.69) is 5.32 Å². The highest BCUT2D eigenvalue weighted by atomic mass is 127. The van der Waals surface area contributed by atoms with E-state index in [4.69, 9.17) is 0 Å². The van der Waals surface area contributed by atoms with Crippen LogP contribution in [0.1, 0.15) is 29.6 Å². The highest BCUT2D eigenvalue weighted by molar-refractivity contribution is 14.1. The molecular formula is C11H10F2INO. The van der Waals surface area contributed by atoms with Gasteiger partial charge >= 0.3 is 0 Å². The van der Waals surface area contributed by atoms with Crippen LogP contribution in [-0.2, 0) is 0 Å². The zero-order valence-corrected chi connectivity index (χ0v) is 10.6. The maximum absolute atomic E-state index is 13.6. The minimum absolute atomic E-state index is 0.0733. The third-order valence-corrected chi connectivity index (χ3v) is 3.54. The molecule has 1 aromatic rings. The van der Waals surface area contributed by atoms with Gasteiger partial charge in [0.1, 0.15) is 11.4 Å².